The van der Waals surface area contributed by atoms with E-state index in [1.54, 1.807) is 7.11 Å². The summed E-state index contributed by atoms with van der Waals surface area (Å²) < 4.78 is 9.53. The van der Waals surface area contributed by atoms with Gasteiger partial charge in [0.25, 0.3) is 0 Å². The van der Waals surface area contributed by atoms with Crippen LogP contribution in [0.5, 0.6) is 0 Å². The average Bonchev–Trinajstić information content (AvgIpc) is 1.81. The summed E-state index contributed by atoms with van der Waals surface area (Å²) in [5.41, 5.74) is 0. The Kier molecular flexibility index (Phi) is 17.8. The molecule has 0 fully saturated rings. The molecule has 0 spiro atoms. The van der Waals surface area contributed by atoms with Crippen LogP contribution in [0.4, 0.5) is 0 Å². The number of aliphatic hydroxyl groups is 1. The van der Waals surface area contributed by atoms with Gasteiger partial charge in [-0.2, -0.15) is 0 Å². The van der Waals surface area contributed by atoms with Crippen LogP contribution < -0.4 is 0 Å². The van der Waals surface area contributed by atoms with Crippen LogP contribution >= 0.6 is 0 Å². The standard InChI is InChI=1S/C5H12O3.K.H/c1-7-4-5-8-3-2-6;;/h6H,2-5H2,1H3;;. The molecule has 9 heavy (non-hydrogen) atoms. The zero-order chi connectivity index (χ0) is 6.24. The molecule has 3 nitrogen and oxygen atoms in total. The van der Waals surface area contributed by atoms with E-state index in [0.717, 1.165) is 0 Å². The Morgan fingerprint density at radius 2 is 1.89 bits per heavy atom. The molecule has 52 valence electrons. The second-order valence-corrected chi connectivity index (χ2v) is 1.33. The van der Waals surface area contributed by atoms with Crippen LogP contribution in [-0.4, -0.2) is 90.0 Å². The monoisotopic (exact) mass is 160 g/mol. The fourth-order valence-electron chi connectivity index (χ4n) is 0.309. The van der Waals surface area contributed by atoms with Crippen molar-refractivity contribution in [1.82, 2.24) is 0 Å². The van der Waals surface area contributed by atoms with Gasteiger partial charge in [-0.3, -0.25) is 0 Å². The number of aliphatic hydroxyl groups excluding tert-OH is 1. The van der Waals surface area contributed by atoms with E-state index in [1.807, 2.05) is 0 Å². The summed E-state index contributed by atoms with van der Waals surface area (Å²) in [5.74, 6) is 0. The van der Waals surface area contributed by atoms with Crippen molar-refractivity contribution in [2.75, 3.05) is 33.5 Å². The van der Waals surface area contributed by atoms with Gasteiger partial charge < -0.3 is 14.6 Å². The van der Waals surface area contributed by atoms with E-state index in [-0.39, 0.29) is 58.0 Å². The van der Waals surface area contributed by atoms with Crippen molar-refractivity contribution in [2.24, 2.45) is 0 Å². The molecular formula is C5H13KO3. The van der Waals surface area contributed by atoms with Crippen LogP contribution in [0.3, 0.4) is 0 Å². The van der Waals surface area contributed by atoms with E-state index in [1.165, 1.54) is 0 Å². The molecule has 0 aromatic heterocycles. The molecule has 0 aliphatic heterocycles. The summed E-state index contributed by atoms with van der Waals surface area (Å²) in [6, 6.07) is 0. The third-order valence-electron chi connectivity index (χ3n) is 0.667. The van der Waals surface area contributed by atoms with Gasteiger partial charge in [0.2, 0.25) is 0 Å². The summed E-state index contributed by atoms with van der Waals surface area (Å²) >= 11 is 0. The van der Waals surface area contributed by atoms with Crippen LogP contribution in [0.25, 0.3) is 0 Å². The predicted octanol–water partition coefficient (Wildman–Crippen LogP) is -1.01. The molecule has 0 rings (SSSR count). The molecule has 1 N–H and O–H groups in total. The molecule has 0 saturated heterocycles. The topological polar surface area (TPSA) is 38.7 Å². The van der Waals surface area contributed by atoms with E-state index in [2.05, 4.69) is 4.74 Å². The van der Waals surface area contributed by atoms with Gasteiger partial charge in [0.15, 0.2) is 0 Å². The van der Waals surface area contributed by atoms with Gasteiger partial charge in [0.05, 0.1) is 26.4 Å². The van der Waals surface area contributed by atoms with Gasteiger partial charge in [-0.1, -0.05) is 0 Å². The van der Waals surface area contributed by atoms with Crippen molar-refractivity contribution >= 4 is 51.4 Å². The van der Waals surface area contributed by atoms with Gasteiger partial charge in [-0.05, 0) is 0 Å². The fraction of sp³-hybridized carbons (Fsp3) is 1.00. The Balaban J connectivity index is 0. The fourth-order valence-corrected chi connectivity index (χ4v) is 0.309. The SMILES string of the molecule is COCCOCCO.[KH]. The van der Waals surface area contributed by atoms with Crippen LogP contribution in [-0.2, 0) is 9.47 Å². The molecule has 0 saturated carbocycles. The average molecular weight is 160 g/mol. The number of rotatable bonds is 5. The molecule has 0 heterocycles. The van der Waals surface area contributed by atoms with Crippen molar-refractivity contribution in [3.63, 3.8) is 0 Å². The predicted molar refractivity (Wildman–Crippen MR) is 36.9 cm³/mol. The molecule has 0 bridgehead atoms. The number of ether oxygens (including phenoxy) is 2. The van der Waals surface area contributed by atoms with Crippen LogP contribution in [0.15, 0.2) is 0 Å². The van der Waals surface area contributed by atoms with Crippen LogP contribution in [0.1, 0.15) is 0 Å². The van der Waals surface area contributed by atoms with Crippen molar-refractivity contribution in [2.45, 2.75) is 0 Å². The van der Waals surface area contributed by atoms with Crippen molar-refractivity contribution in [3.05, 3.63) is 0 Å². The molecule has 0 radical (unpaired) electrons. The maximum atomic E-state index is 8.20. The van der Waals surface area contributed by atoms with E-state index >= 15 is 0 Å². The quantitative estimate of drug-likeness (QED) is 0.414. The Morgan fingerprint density at radius 1 is 1.22 bits per heavy atom. The summed E-state index contributed by atoms with van der Waals surface area (Å²) in [6.45, 7) is 1.66. The second-order valence-electron chi connectivity index (χ2n) is 1.33. The van der Waals surface area contributed by atoms with Gasteiger partial charge in [-0.15, -0.1) is 0 Å². The van der Waals surface area contributed by atoms with Gasteiger partial charge in [0, 0.05) is 7.11 Å². The summed E-state index contributed by atoms with van der Waals surface area (Å²) in [4.78, 5) is 0. The zero-order valence-electron chi connectivity index (χ0n) is 5.09. The van der Waals surface area contributed by atoms with Gasteiger partial charge in [-0.25, -0.2) is 0 Å². The third kappa shape index (κ3) is 12.7. The molecule has 0 aliphatic carbocycles. The normalized spacial score (nSPS) is 8.67. The Labute approximate surface area is 98.1 Å². The first-order chi connectivity index (χ1) is 3.91. The summed E-state index contributed by atoms with van der Waals surface area (Å²) in [5, 5.41) is 8.20. The molecule has 0 atom stereocenters. The van der Waals surface area contributed by atoms with Crippen LogP contribution in [0, 0.1) is 0 Å². The van der Waals surface area contributed by atoms with Crippen LogP contribution in [0.2, 0.25) is 0 Å². The number of methoxy groups -OCH3 is 1. The Hall–Kier alpha value is 1.52. The van der Waals surface area contributed by atoms with E-state index in [0.29, 0.717) is 19.8 Å². The molecule has 0 amide bonds. The minimum absolute atomic E-state index is 0. The van der Waals surface area contributed by atoms with Crippen molar-refractivity contribution in [3.8, 4) is 0 Å². The van der Waals surface area contributed by atoms with Crippen molar-refractivity contribution < 1.29 is 14.6 Å². The summed E-state index contributed by atoms with van der Waals surface area (Å²) in [7, 11) is 1.61. The summed E-state index contributed by atoms with van der Waals surface area (Å²) in [6.07, 6.45) is 0. The first-order valence-corrected chi connectivity index (χ1v) is 2.59. The Bertz CT molecular complexity index is 37.2. The zero-order valence-corrected chi connectivity index (χ0v) is 5.09. The van der Waals surface area contributed by atoms with E-state index < -0.39 is 0 Å². The van der Waals surface area contributed by atoms with E-state index in [9.17, 15) is 0 Å². The first kappa shape index (κ1) is 13.1. The second kappa shape index (κ2) is 12.2. The maximum absolute atomic E-state index is 8.20. The minimum atomic E-state index is 0. The Morgan fingerprint density at radius 3 is 2.33 bits per heavy atom. The molecule has 4 heteroatoms. The number of hydrogen-bond donors (Lipinski definition) is 1. The van der Waals surface area contributed by atoms with E-state index in [4.69, 9.17) is 9.84 Å². The molecule has 0 aromatic carbocycles. The van der Waals surface area contributed by atoms with Gasteiger partial charge >= 0.3 is 51.4 Å². The molecular weight excluding hydrogens is 147 g/mol. The number of hydrogen-bond acceptors (Lipinski definition) is 3. The molecule has 0 aliphatic rings. The molecule has 0 aromatic rings. The van der Waals surface area contributed by atoms with Crippen molar-refractivity contribution in [1.29, 1.82) is 0 Å². The molecule has 0 unspecified atom stereocenters. The third-order valence-corrected chi connectivity index (χ3v) is 0.667. The first-order valence-electron chi connectivity index (χ1n) is 2.59. The van der Waals surface area contributed by atoms with Gasteiger partial charge in [0.1, 0.15) is 0 Å².